The van der Waals surface area contributed by atoms with E-state index < -0.39 is 5.54 Å². The van der Waals surface area contributed by atoms with Crippen LogP contribution in [0.3, 0.4) is 0 Å². The number of nitriles is 1. The minimum Gasteiger partial charge on any atom is -0.495 e. The molecule has 0 saturated carbocycles. The van der Waals surface area contributed by atoms with Gasteiger partial charge in [0.05, 0.1) is 18.9 Å². The molecule has 0 unspecified atom stereocenters. The molecular formula is C13H16N2O2. The Morgan fingerprint density at radius 2 is 2.06 bits per heavy atom. The first-order valence-corrected chi connectivity index (χ1v) is 5.70. The summed E-state index contributed by atoms with van der Waals surface area (Å²) in [5, 5.41) is 12.7. The van der Waals surface area contributed by atoms with Crippen LogP contribution < -0.4 is 10.1 Å². The Kier molecular flexibility index (Phi) is 3.50. The first-order chi connectivity index (χ1) is 8.29. The molecule has 1 N–H and O–H groups in total. The van der Waals surface area contributed by atoms with Crippen LogP contribution in [-0.4, -0.2) is 25.9 Å². The lowest BCUT2D eigenvalue weighted by Gasteiger charge is -2.32. The highest BCUT2D eigenvalue weighted by atomic mass is 16.5. The van der Waals surface area contributed by atoms with Gasteiger partial charge in [-0.1, -0.05) is 12.1 Å². The zero-order valence-corrected chi connectivity index (χ0v) is 9.90. The average Bonchev–Trinajstić information content (AvgIpc) is 2.40. The molecule has 0 aliphatic carbocycles. The van der Waals surface area contributed by atoms with Crippen molar-refractivity contribution in [1.82, 2.24) is 0 Å². The van der Waals surface area contributed by atoms with Crippen LogP contribution in [0.2, 0.25) is 0 Å². The second kappa shape index (κ2) is 5.07. The van der Waals surface area contributed by atoms with Crippen molar-refractivity contribution in [3.63, 3.8) is 0 Å². The fraction of sp³-hybridized carbons (Fsp3) is 0.462. The third-order valence-electron chi connectivity index (χ3n) is 3.04. The predicted molar refractivity (Wildman–Crippen MR) is 65.0 cm³/mol. The minimum atomic E-state index is -0.535. The van der Waals surface area contributed by atoms with Gasteiger partial charge < -0.3 is 14.8 Å². The Labute approximate surface area is 101 Å². The Bertz CT molecular complexity index is 420. The Hall–Kier alpha value is -1.73. The van der Waals surface area contributed by atoms with Crippen molar-refractivity contribution in [2.75, 3.05) is 25.6 Å². The lowest BCUT2D eigenvalue weighted by Crippen LogP contribution is -2.42. The summed E-state index contributed by atoms with van der Waals surface area (Å²) in [5.41, 5.74) is 0.325. The summed E-state index contributed by atoms with van der Waals surface area (Å²) in [4.78, 5) is 0. The second-order valence-electron chi connectivity index (χ2n) is 4.13. The summed E-state index contributed by atoms with van der Waals surface area (Å²) in [7, 11) is 1.63. The number of methoxy groups -OCH3 is 1. The van der Waals surface area contributed by atoms with Gasteiger partial charge in [-0.2, -0.15) is 5.26 Å². The molecule has 1 aromatic carbocycles. The van der Waals surface area contributed by atoms with Crippen molar-refractivity contribution in [3.8, 4) is 11.8 Å². The maximum Gasteiger partial charge on any atom is 0.141 e. The summed E-state index contributed by atoms with van der Waals surface area (Å²) in [5.74, 6) is 0.758. The van der Waals surface area contributed by atoms with Gasteiger partial charge in [-0.25, -0.2) is 0 Å². The quantitative estimate of drug-likeness (QED) is 0.867. The molecule has 1 fully saturated rings. The standard InChI is InChI=1S/C13H16N2O2/c1-16-12-5-3-2-4-11(12)15-13(10-14)6-8-17-9-7-13/h2-5,15H,6-9H2,1H3. The number of ether oxygens (including phenoxy) is 2. The Morgan fingerprint density at radius 3 is 2.71 bits per heavy atom. The molecule has 0 atom stereocenters. The van der Waals surface area contributed by atoms with Crippen LogP contribution >= 0.6 is 0 Å². The molecule has 4 nitrogen and oxygen atoms in total. The smallest absolute Gasteiger partial charge is 0.141 e. The molecule has 1 aliphatic heterocycles. The minimum absolute atomic E-state index is 0.535. The van der Waals surface area contributed by atoms with Gasteiger partial charge >= 0.3 is 0 Å². The third kappa shape index (κ3) is 2.51. The van der Waals surface area contributed by atoms with E-state index in [0.717, 1.165) is 11.4 Å². The van der Waals surface area contributed by atoms with Crippen LogP contribution in [0.25, 0.3) is 0 Å². The van der Waals surface area contributed by atoms with Crippen LogP contribution in [0, 0.1) is 11.3 Å². The number of hydrogen-bond donors (Lipinski definition) is 1. The number of anilines is 1. The van der Waals surface area contributed by atoms with Gasteiger partial charge in [0.2, 0.25) is 0 Å². The molecule has 2 rings (SSSR count). The lowest BCUT2D eigenvalue weighted by molar-refractivity contribution is 0.0752. The van der Waals surface area contributed by atoms with Crippen molar-refractivity contribution in [1.29, 1.82) is 5.26 Å². The molecule has 1 saturated heterocycles. The number of rotatable bonds is 3. The van der Waals surface area contributed by atoms with E-state index in [2.05, 4.69) is 11.4 Å². The van der Waals surface area contributed by atoms with E-state index in [4.69, 9.17) is 9.47 Å². The maximum atomic E-state index is 9.36. The monoisotopic (exact) mass is 232 g/mol. The summed E-state index contributed by atoms with van der Waals surface area (Å²) in [6, 6.07) is 10.0. The van der Waals surface area contributed by atoms with Gasteiger partial charge in [0.15, 0.2) is 0 Å². The van der Waals surface area contributed by atoms with Crippen molar-refractivity contribution in [2.45, 2.75) is 18.4 Å². The molecule has 4 heteroatoms. The first-order valence-electron chi connectivity index (χ1n) is 5.70. The van der Waals surface area contributed by atoms with Gasteiger partial charge in [0.1, 0.15) is 11.3 Å². The molecule has 1 heterocycles. The molecular weight excluding hydrogens is 216 g/mol. The maximum absolute atomic E-state index is 9.36. The van der Waals surface area contributed by atoms with E-state index in [9.17, 15) is 5.26 Å². The normalized spacial score (nSPS) is 18.1. The second-order valence-corrected chi connectivity index (χ2v) is 4.13. The molecule has 90 valence electrons. The molecule has 17 heavy (non-hydrogen) atoms. The predicted octanol–water partition coefficient (Wildman–Crippen LogP) is 2.18. The molecule has 1 aromatic rings. The van der Waals surface area contributed by atoms with Gasteiger partial charge in [0, 0.05) is 26.1 Å². The van der Waals surface area contributed by atoms with E-state index in [1.165, 1.54) is 0 Å². The summed E-state index contributed by atoms with van der Waals surface area (Å²) in [6.07, 6.45) is 1.39. The third-order valence-corrected chi connectivity index (χ3v) is 3.04. The fourth-order valence-corrected chi connectivity index (χ4v) is 1.99. The zero-order valence-electron chi connectivity index (χ0n) is 9.90. The molecule has 0 aromatic heterocycles. The number of nitrogens with zero attached hydrogens (tertiary/aromatic N) is 1. The number of benzene rings is 1. The molecule has 0 radical (unpaired) electrons. The topological polar surface area (TPSA) is 54.3 Å². The highest BCUT2D eigenvalue weighted by Crippen LogP contribution is 2.30. The largest absolute Gasteiger partial charge is 0.495 e. The Morgan fingerprint density at radius 1 is 1.35 bits per heavy atom. The van der Waals surface area contributed by atoms with Crippen LogP contribution in [0.5, 0.6) is 5.75 Å². The van der Waals surface area contributed by atoms with E-state index >= 15 is 0 Å². The highest BCUT2D eigenvalue weighted by molar-refractivity contribution is 5.58. The van der Waals surface area contributed by atoms with Crippen molar-refractivity contribution < 1.29 is 9.47 Å². The van der Waals surface area contributed by atoms with E-state index in [1.54, 1.807) is 7.11 Å². The van der Waals surface area contributed by atoms with Gasteiger partial charge in [-0.3, -0.25) is 0 Å². The molecule has 0 spiro atoms. The summed E-state index contributed by atoms with van der Waals surface area (Å²) in [6.45, 7) is 1.24. The summed E-state index contributed by atoms with van der Waals surface area (Å²) < 4.78 is 10.6. The first kappa shape index (κ1) is 11.7. The summed E-state index contributed by atoms with van der Waals surface area (Å²) >= 11 is 0. The zero-order chi connectivity index (χ0) is 12.1. The van der Waals surface area contributed by atoms with Crippen molar-refractivity contribution >= 4 is 5.69 Å². The molecule has 0 amide bonds. The van der Waals surface area contributed by atoms with Crippen molar-refractivity contribution in [3.05, 3.63) is 24.3 Å². The van der Waals surface area contributed by atoms with Crippen LogP contribution in [0.4, 0.5) is 5.69 Å². The van der Waals surface area contributed by atoms with E-state index in [-0.39, 0.29) is 0 Å². The highest BCUT2D eigenvalue weighted by Gasteiger charge is 2.33. The SMILES string of the molecule is COc1ccccc1NC1(C#N)CCOCC1. The molecule has 1 aliphatic rings. The van der Waals surface area contributed by atoms with E-state index in [1.807, 2.05) is 24.3 Å². The van der Waals surface area contributed by atoms with Gasteiger partial charge in [-0.05, 0) is 12.1 Å². The Balaban J connectivity index is 2.21. The number of hydrogen-bond acceptors (Lipinski definition) is 4. The number of nitrogens with one attached hydrogen (secondary N) is 1. The van der Waals surface area contributed by atoms with Crippen molar-refractivity contribution in [2.24, 2.45) is 0 Å². The van der Waals surface area contributed by atoms with Crippen LogP contribution in [-0.2, 0) is 4.74 Å². The van der Waals surface area contributed by atoms with Crippen LogP contribution in [0.1, 0.15) is 12.8 Å². The lowest BCUT2D eigenvalue weighted by atomic mass is 9.91. The van der Waals surface area contributed by atoms with Gasteiger partial charge in [0.25, 0.3) is 0 Å². The fourth-order valence-electron chi connectivity index (χ4n) is 1.99. The van der Waals surface area contributed by atoms with E-state index in [0.29, 0.717) is 26.1 Å². The van der Waals surface area contributed by atoms with Crippen LogP contribution in [0.15, 0.2) is 24.3 Å². The molecule has 0 bridgehead atoms. The number of para-hydroxylation sites is 2. The van der Waals surface area contributed by atoms with Gasteiger partial charge in [-0.15, -0.1) is 0 Å². The average molecular weight is 232 g/mol.